The number of carbonyl (C=O) groups excluding carboxylic acids is 1. The lowest BCUT2D eigenvalue weighted by molar-refractivity contribution is 0.0953. The summed E-state index contributed by atoms with van der Waals surface area (Å²) < 4.78 is 7.46. The van der Waals surface area contributed by atoms with E-state index in [0.29, 0.717) is 25.3 Å². The molecule has 4 rings (SSSR count). The Morgan fingerprint density at radius 2 is 2.15 bits per heavy atom. The van der Waals surface area contributed by atoms with Crippen LogP contribution in [0, 0.1) is 13.8 Å². The SMILES string of the molecule is COCCn1c(-c2csc(-c3ccc(C)nc3)n2)cc(C(=O)NCCC2=CCCCC2)c1C. The highest BCUT2D eigenvalue weighted by Crippen LogP contribution is 2.31. The van der Waals surface area contributed by atoms with E-state index in [1.807, 2.05) is 43.6 Å². The van der Waals surface area contributed by atoms with Gasteiger partial charge in [-0.05, 0) is 64.2 Å². The molecule has 3 aromatic rings. The molecule has 0 aromatic carbocycles. The Morgan fingerprint density at radius 1 is 1.27 bits per heavy atom. The molecule has 0 unspecified atom stereocenters. The molecule has 0 radical (unpaired) electrons. The van der Waals surface area contributed by atoms with Crippen LogP contribution in [0.2, 0.25) is 0 Å². The van der Waals surface area contributed by atoms with E-state index < -0.39 is 0 Å². The average molecular weight is 465 g/mol. The van der Waals surface area contributed by atoms with Gasteiger partial charge in [0.15, 0.2) is 0 Å². The lowest BCUT2D eigenvalue weighted by Gasteiger charge is -2.13. The number of thiazole rings is 1. The number of amides is 1. The van der Waals surface area contributed by atoms with Gasteiger partial charge >= 0.3 is 0 Å². The molecule has 7 heteroatoms. The number of allylic oxidation sites excluding steroid dienone is 1. The molecule has 33 heavy (non-hydrogen) atoms. The molecular formula is C26H32N4O2S. The molecule has 174 valence electrons. The van der Waals surface area contributed by atoms with Crippen molar-refractivity contribution in [1.29, 1.82) is 0 Å². The number of aromatic nitrogens is 3. The van der Waals surface area contributed by atoms with Gasteiger partial charge in [0.05, 0.1) is 23.6 Å². The Labute approximate surface area is 199 Å². The number of nitrogens with one attached hydrogen (secondary N) is 1. The number of aryl methyl sites for hydroxylation is 1. The zero-order chi connectivity index (χ0) is 23.2. The number of rotatable bonds is 9. The summed E-state index contributed by atoms with van der Waals surface area (Å²) >= 11 is 1.59. The van der Waals surface area contributed by atoms with Gasteiger partial charge in [-0.15, -0.1) is 11.3 Å². The highest BCUT2D eigenvalue weighted by molar-refractivity contribution is 7.13. The van der Waals surface area contributed by atoms with Crippen molar-refractivity contribution >= 4 is 17.2 Å². The van der Waals surface area contributed by atoms with Crippen molar-refractivity contribution in [1.82, 2.24) is 19.9 Å². The molecule has 0 aliphatic heterocycles. The summed E-state index contributed by atoms with van der Waals surface area (Å²) in [5, 5.41) is 6.09. The van der Waals surface area contributed by atoms with Crippen molar-refractivity contribution in [3.8, 4) is 22.0 Å². The molecule has 0 spiro atoms. The minimum atomic E-state index is -0.0282. The third-order valence-corrected chi connectivity index (χ3v) is 7.06. The second kappa shape index (κ2) is 10.9. The molecule has 6 nitrogen and oxygen atoms in total. The molecule has 1 aliphatic carbocycles. The zero-order valence-electron chi connectivity index (χ0n) is 19.7. The van der Waals surface area contributed by atoms with Gasteiger partial charge in [0.2, 0.25) is 0 Å². The summed E-state index contributed by atoms with van der Waals surface area (Å²) in [5.41, 5.74) is 6.88. The topological polar surface area (TPSA) is 69.0 Å². The smallest absolute Gasteiger partial charge is 0.253 e. The molecule has 0 fully saturated rings. The summed E-state index contributed by atoms with van der Waals surface area (Å²) in [7, 11) is 1.69. The predicted octanol–water partition coefficient (Wildman–Crippen LogP) is 5.56. The molecule has 3 aromatic heterocycles. The van der Waals surface area contributed by atoms with Crippen LogP contribution in [-0.4, -0.2) is 40.7 Å². The Morgan fingerprint density at radius 3 is 2.88 bits per heavy atom. The number of ether oxygens (including phenoxy) is 1. The number of nitrogens with zero attached hydrogens (tertiary/aromatic N) is 3. The van der Waals surface area contributed by atoms with Gasteiger partial charge in [-0.3, -0.25) is 9.78 Å². The van der Waals surface area contributed by atoms with Crippen LogP contribution in [0.1, 0.15) is 53.8 Å². The third-order valence-electron chi connectivity index (χ3n) is 6.17. The normalized spacial score (nSPS) is 13.7. The van der Waals surface area contributed by atoms with Crippen LogP contribution < -0.4 is 5.32 Å². The van der Waals surface area contributed by atoms with Crippen LogP contribution in [-0.2, 0) is 11.3 Å². The summed E-state index contributed by atoms with van der Waals surface area (Å²) in [6, 6.07) is 6.00. The maximum Gasteiger partial charge on any atom is 0.253 e. The van der Waals surface area contributed by atoms with Crippen molar-refractivity contribution in [3.05, 3.63) is 58.4 Å². The van der Waals surface area contributed by atoms with E-state index in [2.05, 4.69) is 20.9 Å². The Bertz CT molecular complexity index is 1130. The molecule has 1 N–H and O–H groups in total. The summed E-state index contributed by atoms with van der Waals surface area (Å²) in [6.07, 6.45) is 10.0. The summed E-state index contributed by atoms with van der Waals surface area (Å²) in [5.74, 6) is -0.0282. The van der Waals surface area contributed by atoms with E-state index >= 15 is 0 Å². The standard InChI is InChI=1S/C26H32N4O2S/c1-18-9-10-21(16-28-18)26-29-23(17-33-26)24-15-22(19(2)30(24)13-14-32-3)25(31)27-12-11-20-7-5-4-6-8-20/h7,9-10,15-17H,4-6,8,11-14H2,1-3H3,(H,27,31). The molecule has 1 aliphatic rings. The molecular weight excluding hydrogens is 432 g/mol. The van der Waals surface area contributed by atoms with Crippen LogP contribution in [0.25, 0.3) is 22.0 Å². The number of carbonyl (C=O) groups is 1. The van der Waals surface area contributed by atoms with E-state index in [-0.39, 0.29) is 5.91 Å². The first kappa shape index (κ1) is 23.4. The van der Waals surface area contributed by atoms with Gasteiger partial charge in [-0.2, -0.15) is 0 Å². The first-order chi connectivity index (χ1) is 16.1. The first-order valence-corrected chi connectivity index (χ1v) is 12.5. The van der Waals surface area contributed by atoms with Crippen molar-refractivity contribution in [2.75, 3.05) is 20.3 Å². The van der Waals surface area contributed by atoms with Crippen molar-refractivity contribution < 1.29 is 9.53 Å². The van der Waals surface area contributed by atoms with E-state index in [9.17, 15) is 4.79 Å². The largest absolute Gasteiger partial charge is 0.383 e. The third kappa shape index (κ3) is 5.60. The van der Waals surface area contributed by atoms with Gasteiger partial charge in [-0.25, -0.2) is 4.98 Å². The molecule has 0 saturated carbocycles. The van der Waals surface area contributed by atoms with Gasteiger partial charge in [-0.1, -0.05) is 11.6 Å². The van der Waals surface area contributed by atoms with E-state index in [0.717, 1.165) is 46.2 Å². The monoisotopic (exact) mass is 464 g/mol. The molecule has 0 saturated heterocycles. The highest BCUT2D eigenvalue weighted by atomic mass is 32.1. The van der Waals surface area contributed by atoms with Crippen molar-refractivity contribution in [3.63, 3.8) is 0 Å². The van der Waals surface area contributed by atoms with Crippen molar-refractivity contribution in [2.45, 2.75) is 52.5 Å². The van der Waals surface area contributed by atoms with Gasteiger partial charge in [0, 0.05) is 48.7 Å². The quantitative estimate of drug-likeness (QED) is 0.421. The fraction of sp³-hybridized carbons (Fsp3) is 0.423. The van der Waals surface area contributed by atoms with Crippen LogP contribution in [0.5, 0.6) is 0 Å². The second-order valence-electron chi connectivity index (χ2n) is 8.51. The lowest BCUT2D eigenvalue weighted by atomic mass is 9.97. The van der Waals surface area contributed by atoms with Crippen LogP contribution in [0.3, 0.4) is 0 Å². The molecule has 1 amide bonds. The number of methoxy groups -OCH3 is 1. The van der Waals surface area contributed by atoms with Gasteiger partial charge in [0.1, 0.15) is 5.01 Å². The summed E-state index contributed by atoms with van der Waals surface area (Å²) in [4.78, 5) is 22.3. The average Bonchev–Trinajstić information content (AvgIpc) is 3.44. The van der Waals surface area contributed by atoms with Crippen LogP contribution in [0.4, 0.5) is 0 Å². The Hall–Kier alpha value is -2.77. The number of hydrogen-bond acceptors (Lipinski definition) is 5. The fourth-order valence-electron chi connectivity index (χ4n) is 4.24. The van der Waals surface area contributed by atoms with E-state index in [4.69, 9.17) is 9.72 Å². The van der Waals surface area contributed by atoms with E-state index in [1.165, 1.54) is 24.8 Å². The van der Waals surface area contributed by atoms with Gasteiger partial charge in [0.25, 0.3) is 5.91 Å². The number of pyridine rings is 1. The fourth-order valence-corrected chi connectivity index (χ4v) is 5.04. The maximum atomic E-state index is 13.0. The number of hydrogen-bond donors (Lipinski definition) is 1. The second-order valence-corrected chi connectivity index (χ2v) is 9.37. The van der Waals surface area contributed by atoms with Crippen LogP contribution >= 0.6 is 11.3 Å². The van der Waals surface area contributed by atoms with Crippen LogP contribution in [0.15, 0.2) is 41.4 Å². The lowest BCUT2D eigenvalue weighted by Crippen LogP contribution is -2.25. The highest BCUT2D eigenvalue weighted by Gasteiger charge is 2.20. The Kier molecular flexibility index (Phi) is 7.73. The minimum Gasteiger partial charge on any atom is -0.383 e. The minimum absolute atomic E-state index is 0.0282. The predicted molar refractivity (Wildman–Crippen MR) is 134 cm³/mol. The molecule has 0 atom stereocenters. The van der Waals surface area contributed by atoms with Gasteiger partial charge < -0.3 is 14.6 Å². The molecule has 3 heterocycles. The van der Waals surface area contributed by atoms with Crippen molar-refractivity contribution in [2.24, 2.45) is 0 Å². The first-order valence-electron chi connectivity index (χ1n) is 11.6. The zero-order valence-corrected chi connectivity index (χ0v) is 20.5. The van der Waals surface area contributed by atoms with E-state index in [1.54, 1.807) is 18.4 Å². The maximum absolute atomic E-state index is 13.0. The summed E-state index contributed by atoms with van der Waals surface area (Å²) in [6.45, 7) is 5.87. The molecule has 0 bridgehead atoms. The Balaban J connectivity index is 1.55.